The summed E-state index contributed by atoms with van der Waals surface area (Å²) in [6.45, 7) is 5.92. The van der Waals surface area contributed by atoms with Gasteiger partial charge in [-0.1, -0.05) is 18.2 Å². The minimum atomic E-state index is -0.782. The molecule has 2 rings (SSSR count). The van der Waals surface area contributed by atoms with Crippen molar-refractivity contribution in [2.75, 3.05) is 13.2 Å². The summed E-state index contributed by atoms with van der Waals surface area (Å²) in [7, 11) is 0. The highest BCUT2D eigenvalue weighted by atomic mass is 16.5. The third kappa shape index (κ3) is 3.59. The monoisotopic (exact) mass is 333 g/mol. The zero-order valence-electron chi connectivity index (χ0n) is 14.2. The summed E-state index contributed by atoms with van der Waals surface area (Å²) in [4.78, 5) is 25.8. The van der Waals surface area contributed by atoms with Crippen molar-refractivity contribution in [3.05, 3.63) is 41.2 Å². The summed E-state index contributed by atoms with van der Waals surface area (Å²) in [6.07, 6.45) is 0.652. The number of benzene rings is 1. The molecule has 2 N–H and O–H groups in total. The Morgan fingerprint density at radius 2 is 1.96 bits per heavy atom. The number of Topliss-reactive ketones (excluding diaryl/α,β-unsaturated/α-hetero) is 1. The van der Waals surface area contributed by atoms with Gasteiger partial charge in [0.1, 0.15) is 5.75 Å². The fraction of sp³-hybridized carbons (Fsp3) is 0.444. The topological polar surface area (TPSA) is 87.1 Å². The van der Waals surface area contributed by atoms with E-state index in [2.05, 4.69) is 0 Å². The molecule has 0 bridgehead atoms. The number of carbonyl (C=O) groups is 2. The molecule has 0 spiro atoms. The Bertz CT molecular complexity index is 665. The van der Waals surface area contributed by atoms with Gasteiger partial charge in [-0.05, 0) is 33.3 Å². The Balaban J connectivity index is 2.30. The molecule has 1 atom stereocenters. The van der Waals surface area contributed by atoms with E-state index in [0.717, 1.165) is 0 Å². The van der Waals surface area contributed by atoms with Crippen LogP contribution in [0.4, 0.5) is 0 Å². The standard InChI is InChI=1S/C18H23NO5/c1-11(2)24-10-6-9-19-16(13-7-4-5-8-14(13)21)15(12(3)20)17(22)18(19)23/h4-5,7-8,11,16,21-22H,6,9-10H2,1-3H3. The van der Waals surface area contributed by atoms with Gasteiger partial charge in [-0.25, -0.2) is 0 Å². The maximum Gasteiger partial charge on any atom is 0.290 e. The fourth-order valence-electron chi connectivity index (χ4n) is 2.84. The number of hydrogen-bond donors (Lipinski definition) is 2. The van der Waals surface area contributed by atoms with Crippen molar-refractivity contribution in [3.63, 3.8) is 0 Å². The first-order valence-electron chi connectivity index (χ1n) is 7.99. The Labute approximate surface area is 141 Å². The lowest BCUT2D eigenvalue weighted by Gasteiger charge is -2.27. The van der Waals surface area contributed by atoms with Gasteiger partial charge >= 0.3 is 0 Å². The molecule has 1 aromatic rings. The number of aliphatic hydroxyl groups excluding tert-OH is 1. The number of phenols is 1. The first-order chi connectivity index (χ1) is 11.3. The molecule has 0 saturated carbocycles. The van der Waals surface area contributed by atoms with Crippen molar-refractivity contribution < 1.29 is 24.5 Å². The van der Waals surface area contributed by atoms with Crippen molar-refractivity contribution in [1.82, 2.24) is 4.90 Å². The highest BCUT2D eigenvalue weighted by molar-refractivity contribution is 6.08. The SMILES string of the molecule is CC(=O)C1=C(O)C(=O)N(CCCOC(C)C)C1c1ccccc1O. The second-order valence-corrected chi connectivity index (χ2v) is 6.05. The number of carbonyl (C=O) groups excluding carboxylic acids is 2. The lowest BCUT2D eigenvalue weighted by molar-refractivity contribution is -0.129. The molecule has 0 fully saturated rings. The van der Waals surface area contributed by atoms with E-state index in [1.54, 1.807) is 18.2 Å². The van der Waals surface area contributed by atoms with E-state index in [0.29, 0.717) is 25.1 Å². The predicted octanol–water partition coefficient (Wildman–Crippen LogP) is 2.49. The third-order valence-corrected chi connectivity index (χ3v) is 3.91. The third-order valence-electron chi connectivity index (χ3n) is 3.91. The Morgan fingerprint density at radius 3 is 2.54 bits per heavy atom. The zero-order valence-corrected chi connectivity index (χ0v) is 14.2. The van der Waals surface area contributed by atoms with Crippen molar-refractivity contribution in [1.29, 1.82) is 0 Å². The summed E-state index contributed by atoms with van der Waals surface area (Å²) >= 11 is 0. The highest BCUT2D eigenvalue weighted by Crippen LogP contribution is 2.40. The van der Waals surface area contributed by atoms with Crippen LogP contribution in [0, 0.1) is 0 Å². The van der Waals surface area contributed by atoms with Crippen LogP contribution in [0.5, 0.6) is 5.75 Å². The summed E-state index contributed by atoms with van der Waals surface area (Å²) in [6, 6.07) is 5.73. The van der Waals surface area contributed by atoms with E-state index < -0.39 is 23.5 Å². The predicted molar refractivity (Wildman–Crippen MR) is 88.6 cm³/mol. The van der Waals surface area contributed by atoms with Crippen LogP contribution >= 0.6 is 0 Å². The summed E-state index contributed by atoms with van der Waals surface area (Å²) in [5, 5.41) is 20.2. The molecule has 1 unspecified atom stereocenters. The maximum absolute atomic E-state index is 12.4. The van der Waals surface area contributed by atoms with Crippen LogP contribution in [-0.2, 0) is 14.3 Å². The maximum atomic E-state index is 12.4. The van der Waals surface area contributed by atoms with E-state index in [9.17, 15) is 19.8 Å². The van der Waals surface area contributed by atoms with Gasteiger partial charge in [-0.3, -0.25) is 9.59 Å². The Hall–Kier alpha value is -2.34. The Morgan fingerprint density at radius 1 is 1.29 bits per heavy atom. The highest BCUT2D eigenvalue weighted by Gasteiger charge is 2.42. The van der Waals surface area contributed by atoms with Gasteiger partial charge in [0, 0.05) is 18.7 Å². The van der Waals surface area contributed by atoms with Crippen molar-refractivity contribution >= 4 is 11.7 Å². The number of aliphatic hydroxyl groups is 1. The van der Waals surface area contributed by atoms with E-state index in [4.69, 9.17) is 4.74 Å². The number of rotatable bonds is 7. The molecule has 1 aromatic carbocycles. The molecule has 24 heavy (non-hydrogen) atoms. The number of aromatic hydroxyl groups is 1. The van der Waals surface area contributed by atoms with Gasteiger partial charge in [-0.15, -0.1) is 0 Å². The smallest absolute Gasteiger partial charge is 0.290 e. The van der Waals surface area contributed by atoms with Crippen LogP contribution in [0.15, 0.2) is 35.6 Å². The molecular formula is C18H23NO5. The molecule has 130 valence electrons. The number of nitrogens with zero attached hydrogens (tertiary/aromatic N) is 1. The molecule has 0 aliphatic carbocycles. The lowest BCUT2D eigenvalue weighted by Crippen LogP contribution is -2.32. The lowest BCUT2D eigenvalue weighted by atomic mass is 9.96. The molecule has 0 saturated heterocycles. The number of ketones is 1. The molecule has 1 aliphatic rings. The van der Waals surface area contributed by atoms with Gasteiger partial charge in [0.25, 0.3) is 5.91 Å². The number of hydrogen-bond acceptors (Lipinski definition) is 5. The van der Waals surface area contributed by atoms with Gasteiger partial charge in [0.15, 0.2) is 11.5 Å². The number of amides is 1. The van der Waals surface area contributed by atoms with Gasteiger partial charge in [0.2, 0.25) is 0 Å². The molecule has 1 amide bonds. The number of ether oxygens (including phenoxy) is 1. The Kier molecular flexibility index (Phi) is 5.62. The van der Waals surface area contributed by atoms with Crippen LogP contribution in [0.2, 0.25) is 0 Å². The molecule has 6 heteroatoms. The number of phenolic OH excluding ortho intramolecular Hbond substituents is 1. The van der Waals surface area contributed by atoms with E-state index in [-0.39, 0.29) is 17.4 Å². The normalized spacial score (nSPS) is 17.9. The summed E-state index contributed by atoms with van der Waals surface area (Å²) < 4.78 is 5.47. The molecule has 0 aromatic heterocycles. The minimum absolute atomic E-state index is 0.0197. The van der Waals surface area contributed by atoms with Gasteiger partial charge in [0.05, 0.1) is 17.7 Å². The van der Waals surface area contributed by atoms with Crippen LogP contribution in [0.3, 0.4) is 0 Å². The fourth-order valence-corrected chi connectivity index (χ4v) is 2.84. The van der Waals surface area contributed by atoms with E-state index in [1.807, 2.05) is 13.8 Å². The van der Waals surface area contributed by atoms with Crippen LogP contribution < -0.4 is 0 Å². The number of para-hydroxylation sites is 1. The quantitative estimate of drug-likeness (QED) is 0.749. The molecule has 1 heterocycles. The molecular weight excluding hydrogens is 310 g/mol. The van der Waals surface area contributed by atoms with Gasteiger partial charge < -0.3 is 19.8 Å². The average Bonchev–Trinajstić information content (AvgIpc) is 2.76. The van der Waals surface area contributed by atoms with Crippen LogP contribution in [-0.4, -0.2) is 46.1 Å². The van der Waals surface area contributed by atoms with E-state index in [1.165, 1.54) is 17.9 Å². The van der Waals surface area contributed by atoms with Crippen molar-refractivity contribution in [2.45, 2.75) is 39.3 Å². The van der Waals surface area contributed by atoms with E-state index >= 15 is 0 Å². The second kappa shape index (κ2) is 7.49. The molecule has 1 aliphatic heterocycles. The van der Waals surface area contributed by atoms with Crippen LogP contribution in [0.25, 0.3) is 0 Å². The van der Waals surface area contributed by atoms with Crippen molar-refractivity contribution in [2.24, 2.45) is 0 Å². The molecule has 6 nitrogen and oxygen atoms in total. The minimum Gasteiger partial charge on any atom is -0.508 e. The summed E-state index contributed by atoms with van der Waals surface area (Å²) in [5.41, 5.74) is 0.441. The largest absolute Gasteiger partial charge is 0.508 e. The average molecular weight is 333 g/mol. The second-order valence-electron chi connectivity index (χ2n) is 6.05. The van der Waals surface area contributed by atoms with Crippen LogP contribution in [0.1, 0.15) is 38.8 Å². The molecule has 0 radical (unpaired) electrons. The zero-order chi connectivity index (χ0) is 17.9. The van der Waals surface area contributed by atoms with Crippen molar-refractivity contribution in [3.8, 4) is 5.75 Å². The first-order valence-corrected chi connectivity index (χ1v) is 7.99. The summed E-state index contributed by atoms with van der Waals surface area (Å²) in [5.74, 6) is -1.55. The van der Waals surface area contributed by atoms with Gasteiger partial charge in [-0.2, -0.15) is 0 Å². The first kappa shape index (κ1) is 18.0.